The highest BCUT2D eigenvalue weighted by Gasteiger charge is 2.19. The van der Waals surface area contributed by atoms with Crippen molar-refractivity contribution in [3.63, 3.8) is 0 Å². The van der Waals surface area contributed by atoms with Crippen molar-refractivity contribution in [1.29, 1.82) is 0 Å². The number of hydrogen-bond acceptors (Lipinski definition) is 2. The molecule has 0 aliphatic carbocycles. The van der Waals surface area contributed by atoms with E-state index in [4.69, 9.17) is 17.3 Å². The van der Waals surface area contributed by atoms with Crippen LogP contribution in [-0.4, -0.2) is 9.78 Å². The molecule has 6 heteroatoms. The first-order chi connectivity index (χ1) is 8.63. The Kier molecular flexibility index (Phi) is 3.93. The molecule has 0 saturated carbocycles. The predicted molar refractivity (Wildman–Crippen MR) is 65.6 cm³/mol. The Morgan fingerprint density at radius 2 is 2.00 bits per heavy atom. The third-order valence-electron chi connectivity index (χ3n) is 2.66. The van der Waals surface area contributed by atoms with Crippen molar-refractivity contribution < 1.29 is 8.78 Å². The maximum atomic E-state index is 13.0. The first kappa shape index (κ1) is 13.0. The topological polar surface area (TPSA) is 43.8 Å². The molecule has 0 aliphatic rings. The van der Waals surface area contributed by atoms with Crippen molar-refractivity contribution >= 4 is 11.6 Å². The van der Waals surface area contributed by atoms with Gasteiger partial charge in [-0.3, -0.25) is 4.68 Å². The number of nitrogens with two attached hydrogens (primary N) is 1. The van der Waals surface area contributed by atoms with Crippen molar-refractivity contribution in [3.8, 4) is 0 Å². The molecular formula is C12H12ClF2N3. The highest BCUT2D eigenvalue weighted by atomic mass is 35.5. The van der Waals surface area contributed by atoms with E-state index >= 15 is 0 Å². The minimum absolute atomic E-state index is 0.0438. The van der Waals surface area contributed by atoms with Crippen molar-refractivity contribution in [1.82, 2.24) is 9.78 Å². The molecule has 0 amide bonds. The van der Waals surface area contributed by atoms with Crippen molar-refractivity contribution in [2.45, 2.75) is 19.5 Å². The summed E-state index contributed by atoms with van der Waals surface area (Å²) in [7, 11) is 0. The van der Waals surface area contributed by atoms with Gasteiger partial charge in [0.25, 0.3) is 6.43 Å². The second kappa shape index (κ2) is 5.46. The summed E-state index contributed by atoms with van der Waals surface area (Å²) in [5, 5.41) is 4.47. The van der Waals surface area contributed by atoms with Crippen LogP contribution in [0.2, 0.25) is 5.02 Å². The number of alkyl halides is 2. The highest BCUT2D eigenvalue weighted by molar-refractivity contribution is 6.31. The zero-order valence-electron chi connectivity index (χ0n) is 9.48. The van der Waals surface area contributed by atoms with E-state index in [1.165, 1.54) is 10.9 Å². The number of nitrogens with zero attached hydrogens (tertiary/aromatic N) is 2. The molecule has 2 rings (SSSR count). The number of aromatic nitrogens is 2. The fraction of sp³-hybridized carbons (Fsp3) is 0.250. The van der Waals surface area contributed by atoms with Gasteiger partial charge in [0.05, 0.1) is 12.7 Å². The molecule has 0 aliphatic heterocycles. The Balaban J connectivity index is 2.35. The maximum absolute atomic E-state index is 13.0. The van der Waals surface area contributed by atoms with Gasteiger partial charge in [-0.2, -0.15) is 5.10 Å². The van der Waals surface area contributed by atoms with E-state index in [1.54, 1.807) is 24.3 Å². The van der Waals surface area contributed by atoms with Crippen LogP contribution < -0.4 is 5.73 Å². The van der Waals surface area contributed by atoms with Gasteiger partial charge in [-0.1, -0.05) is 29.8 Å². The zero-order valence-corrected chi connectivity index (χ0v) is 10.2. The SMILES string of the molecule is NCc1cnn(Cc2ccccc2Cl)c1C(F)F. The van der Waals surface area contributed by atoms with E-state index in [9.17, 15) is 8.78 Å². The van der Waals surface area contributed by atoms with E-state index in [-0.39, 0.29) is 18.8 Å². The van der Waals surface area contributed by atoms with Crippen LogP contribution in [0.15, 0.2) is 30.5 Å². The molecule has 0 bridgehead atoms. The fourth-order valence-corrected chi connectivity index (χ4v) is 1.95. The van der Waals surface area contributed by atoms with Crippen molar-refractivity contribution in [2.75, 3.05) is 0 Å². The third kappa shape index (κ3) is 2.52. The number of benzene rings is 1. The minimum Gasteiger partial charge on any atom is -0.326 e. The number of rotatable bonds is 4. The fourth-order valence-electron chi connectivity index (χ4n) is 1.76. The van der Waals surface area contributed by atoms with Gasteiger partial charge < -0.3 is 5.73 Å². The summed E-state index contributed by atoms with van der Waals surface area (Å²) in [5.74, 6) is 0. The molecule has 0 radical (unpaired) electrons. The van der Waals surface area contributed by atoms with E-state index < -0.39 is 6.43 Å². The lowest BCUT2D eigenvalue weighted by atomic mass is 10.2. The van der Waals surface area contributed by atoms with Crippen LogP contribution in [-0.2, 0) is 13.1 Å². The molecule has 3 nitrogen and oxygen atoms in total. The summed E-state index contributed by atoms with van der Waals surface area (Å²) in [4.78, 5) is 0. The molecule has 1 aromatic heterocycles. The van der Waals surface area contributed by atoms with Crippen LogP contribution in [0.5, 0.6) is 0 Å². The van der Waals surface area contributed by atoms with Crippen molar-refractivity contribution in [2.24, 2.45) is 5.73 Å². The van der Waals surface area contributed by atoms with Gasteiger partial charge in [0.2, 0.25) is 0 Å². The van der Waals surface area contributed by atoms with E-state index in [0.717, 1.165) is 5.56 Å². The second-order valence-corrected chi connectivity index (χ2v) is 4.22. The summed E-state index contributed by atoms with van der Waals surface area (Å²) in [6, 6.07) is 7.08. The molecule has 2 N–H and O–H groups in total. The minimum atomic E-state index is -2.60. The molecule has 2 aromatic rings. The monoisotopic (exact) mass is 271 g/mol. The predicted octanol–water partition coefficient (Wildman–Crippen LogP) is 2.98. The van der Waals surface area contributed by atoms with Crippen LogP contribution in [0.3, 0.4) is 0 Å². The lowest BCUT2D eigenvalue weighted by molar-refractivity contribution is 0.138. The molecule has 0 unspecified atom stereocenters. The summed E-state index contributed by atoms with van der Waals surface area (Å²) in [6.07, 6.45) is -1.23. The Morgan fingerprint density at radius 3 is 2.61 bits per heavy atom. The molecule has 1 heterocycles. The molecular weight excluding hydrogens is 260 g/mol. The van der Waals surface area contributed by atoms with E-state index in [1.807, 2.05) is 0 Å². The maximum Gasteiger partial charge on any atom is 0.280 e. The van der Waals surface area contributed by atoms with E-state index in [0.29, 0.717) is 10.6 Å². The second-order valence-electron chi connectivity index (χ2n) is 3.81. The smallest absolute Gasteiger partial charge is 0.280 e. The van der Waals surface area contributed by atoms with Gasteiger partial charge in [0, 0.05) is 17.1 Å². The average molecular weight is 272 g/mol. The number of hydrogen-bond donors (Lipinski definition) is 1. The quantitative estimate of drug-likeness (QED) is 0.929. The molecule has 96 valence electrons. The standard InChI is InChI=1S/C12H12ClF2N3/c13-10-4-2-1-3-8(10)7-18-11(12(14)15)9(5-16)6-17-18/h1-4,6,12H,5,7,16H2. The van der Waals surface area contributed by atoms with Crippen LogP contribution in [0.4, 0.5) is 8.78 Å². The van der Waals surface area contributed by atoms with Crippen LogP contribution in [0.25, 0.3) is 0 Å². The van der Waals surface area contributed by atoms with Crippen LogP contribution >= 0.6 is 11.6 Å². The van der Waals surface area contributed by atoms with Gasteiger partial charge in [-0.15, -0.1) is 0 Å². The Morgan fingerprint density at radius 1 is 1.28 bits per heavy atom. The van der Waals surface area contributed by atoms with Crippen LogP contribution in [0, 0.1) is 0 Å². The molecule has 1 aromatic carbocycles. The molecule has 0 fully saturated rings. The van der Waals surface area contributed by atoms with Gasteiger partial charge in [-0.25, -0.2) is 8.78 Å². The lowest BCUT2D eigenvalue weighted by Gasteiger charge is -2.09. The Hall–Kier alpha value is -1.46. The number of halogens is 3. The van der Waals surface area contributed by atoms with E-state index in [2.05, 4.69) is 5.10 Å². The van der Waals surface area contributed by atoms with Gasteiger partial charge in [-0.05, 0) is 11.6 Å². The molecule has 18 heavy (non-hydrogen) atoms. The first-order valence-electron chi connectivity index (χ1n) is 5.39. The Bertz CT molecular complexity index is 540. The summed E-state index contributed by atoms with van der Waals surface area (Å²) in [5.41, 5.74) is 6.37. The lowest BCUT2D eigenvalue weighted by Crippen LogP contribution is -2.09. The summed E-state index contributed by atoms with van der Waals surface area (Å²) in [6.45, 7) is 0.252. The van der Waals surface area contributed by atoms with Gasteiger partial charge in [0.15, 0.2) is 0 Å². The van der Waals surface area contributed by atoms with Gasteiger partial charge >= 0.3 is 0 Å². The third-order valence-corrected chi connectivity index (χ3v) is 3.03. The highest BCUT2D eigenvalue weighted by Crippen LogP contribution is 2.24. The first-order valence-corrected chi connectivity index (χ1v) is 5.77. The summed E-state index contributed by atoms with van der Waals surface area (Å²) >= 11 is 5.99. The average Bonchev–Trinajstić information content (AvgIpc) is 2.75. The largest absolute Gasteiger partial charge is 0.326 e. The zero-order chi connectivity index (χ0) is 13.1. The Labute approximate surface area is 108 Å². The van der Waals surface area contributed by atoms with Crippen molar-refractivity contribution in [3.05, 3.63) is 52.3 Å². The molecule has 0 spiro atoms. The van der Waals surface area contributed by atoms with Gasteiger partial charge in [0.1, 0.15) is 5.69 Å². The molecule has 0 saturated heterocycles. The van der Waals surface area contributed by atoms with Crippen LogP contribution in [0.1, 0.15) is 23.2 Å². The summed E-state index contributed by atoms with van der Waals surface area (Å²) < 4.78 is 27.2. The normalized spacial score (nSPS) is 11.2. The molecule has 0 atom stereocenters.